The van der Waals surface area contributed by atoms with E-state index in [4.69, 9.17) is 16.9 Å². The first-order valence-electron chi connectivity index (χ1n) is 11.9. The number of nitrogens with one attached hydrogen (secondary N) is 1. The molecule has 1 aliphatic rings. The fraction of sp³-hybridized carbons (Fsp3) is 0.520. The molecule has 1 aromatic carbocycles. The molecule has 1 N–H and O–H groups in total. The molecular weight excluding hydrogens is 450 g/mol. The number of amides is 1. The van der Waals surface area contributed by atoms with Gasteiger partial charge in [-0.15, -0.1) is 0 Å². The maximum atomic E-state index is 12.8. The first-order valence-corrected chi connectivity index (χ1v) is 12.3. The Morgan fingerprint density at radius 2 is 1.82 bits per heavy atom. The van der Waals surface area contributed by atoms with Gasteiger partial charge in [-0.05, 0) is 30.0 Å². The van der Waals surface area contributed by atoms with Gasteiger partial charge in [-0.1, -0.05) is 56.6 Å². The zero-order valence-electron chi connectivity index (χ0n) is 20.3. The second-order valence-electron chi connectivity index (χ2n) is 9.13. The van der Waals surface area contributed by atoms with Crippen molar-refractivity contribution in [2.24, 2.45) is 5.92 Å². The van der Waals surface area contributed by atoms with E-state index in [2.05, 4.69) is 44.3 Å². The highest BCUT2D eigenvalue weighted by atomic mass is 35.5. The van der Waals surface area contributed by atoms with E-state index >= 15 is 0 Å². The lowest BCUT2D eigenvalue weighted by Gasteiger charge is -2.34. The van der Waals surface area contributed by atoms with E-state index in [1.165, 1.54) is 24.7 Å². The van der Waals surface area contributed by atoms with Crippen LogP contribution in [0.15, 0.2) is 30.5 Å². The van der Waals surface area contributed by atoms with Crippen LogP contribution in [-0.2, 0) is 17.8 Å². The van der Waals surface area contributed by atoms with Crippen LogP contribution < -0.4 is 10.4 Å². The van der Waals surface area contributed by atoms with E-state index in [9.17, 15) is 4.79 Å². The molecule has 182 valence electrons. The van der Waals surface area contributed by atoms with E-state index in [-0.39, 0.29) is 29.1 Å². The smallest absolute Gasteiger partial charge is 0.242 e. The molecule has 1 amide bonds. The molecule has 34 heavy (non-hydrogen) atoms. The van der Waals surface area contributed by atoms with Crippen molar-refractivity contribution in [3.63, 3.8) is 0 Å². The van der Waals surface area contributed by atoms with Crippen LogP contribution in [0.1, 0.15) is 44.1 Å². The van der Waals surface area contributed by atoms with Gasteiger partial charge in [0.1, 0.15) is 11.1 Å². The lowest BCUT2D eigenvalue weighted by atomic mass is 10.1. The number of carbonyl (C=O) groups excluding carboxylic acids is 1. The first kappa shape index (κ1) is 25.9. The minimum Gasteiger partial charge on any atom is -0.301 e. The Morgan fingerprint density at radius 1 is 1.18 bits per heavy atom. The molecule has 2 heterocycles. The summed E-state index contributed by atoms with van der Waals surface area (Å²) in [5.74, 6) is 0.392. The average molecular weight is 484 g/mol. The molecule has 3 rings (SSSR count). The minimum atomic E-state index is -0.173. The molecule has 0 bridgehead atoms. The third-order valence-corrected chi connectivity index (χ3v) is 5.95. The van der Waals surface area contributed by atoms with Gasteiger partial charge in [0.25, 0.3) is 0 Å². The van der Waals surface area contributed by atoms with Crippen molar-refractivity contribution in [1.82, 2.24) is 25.2 Å². The van der Waals surface area contributed by atoms with Crippen molar-refractivity contribution in [1.29, 1.82) is 5.26 Å². The van der Waals surface area contributed by atoms with E-state index < -0.39 is 0 Å². The van der Waals surface area contributed by atoms with Gasteiger partial charge in [0.2, 0.25) is 11.7 Å². The number of nitriles is 1. The molecule has 0 saturated carbocycles. The third kappa shape index (κ3) is 7.66. The van der Waals surface area contributed by atoms with Gasteiger partial charge in [-0.3, -0.25) is 20.1 Å². The molecule has 2 aromatic rings. The summed E-state index contributed by atoms with van der Waals surface area (Å²) >= 11 is 6.26. The fourth-order valence-electron chi connectivity index (χ4n) is 4.03. The topological polar surface area (TPSA) is 88.4 Å². The standard InChI is InChI=1S/C25H34ClN7O/c1-4-9-31-10-12-32(13-11-31)18-21-7-5-20(6-8-21)14-24(34)30-33(17-19(2)3)25-22(26)16-28-23(15-27)29-25/h5-8,16,19H,4,9-14,17-18H2,1-3H3,(H,30,34). The summed E-state index contributed by atoms with van der Waals surface area (Å²) in [6.45, 7) is 13.3. The molecule has 8 nitrogen and oxygen atoms in total. The molecule has 0 radical (unpaired) electrons. The highest BCUT2D eigenvalue weighted by Crippen LogP contribution is 2.22. The van der Waals surface area contributed by atoms with Gasteiger partial charge in [-0.2, -0.15) is 10.2 Å². The monoisotopic (exact) mass is 483 g/mol. The maximum Gasteiger partial charge on any atom is 0.242 e. The summed E-state index contributed by atoms with van der Waals surface area (Å²) in [5, 5.41) is 11.0. The Hall–Kier alpha value is -2.73. The van der Waals surface area contributed by atoms with Gasteiger partial charge < -0.3 is 4.90 Å². The lowest BCUT2D eigenvalue weighted by Crippen LogP contribution is -2.46. The molecule has 0 unspecified atom stereocenters. The average Bonchev–Trinajstić information content (AvgIpc) is 2.81. The first-order chi connectivity index (χ1) is 16.4. The molecule has 1 fully saturated rings. The van der Waals surface area contributed by atoms with Crippen LogP contribution in [0.25, 0.3) is 0 Å². The van der Waals surface area contributed by atoms with Gasteiger partial charge in [0.05, 0.1) is 12.6 Å². The van der Waals surface area contributed by atoms with Gasteiger partial charge >= 0.3 is 0 Å². The summed E-state index contributed by atoms with van der Waals surface area (Å²) < 4.78 is 0. The van der Waals surface area contributed by atoms with Crippen molar-refractivity contribution >= 4 is 23.3 Å². The number of hydrogen-bond acceptors (Lipinski definition) is 7. The van der Waals surface area contributed by atoms with Crippen molar-refractivity contribution in [3.8, 4) is 6.07 Å². The minimum absolute atomic E-state index is 0.00442. The van der Waals surface area contributed by atoms with E-state index in [1.54, 1.807) is 5.01 Å². The number of halogens is 1. The number of piperazine rings is 1. The molecule has 0 spiro atoms. The normalized spacial score (nSPS) is 14.7. The van der Waals surface area contributed by atoms with Crippen LogP contribution >= 0.6 is 11.6 Å². The van der Waals surface area contributed by atoms with E-state index in [1.807, 2.05) is 32.0 Å². The maximum absolute atomic E-state index is 12.8. The quantitative estimate of drug-likeness (QED) is 0.519. The van der Waals surface area contributed by atoms with Crippen LogP contribution in [0.3, 0.4) is 0 Å². The van der Waals surface area contributed by atoms with E-state index in [0.29, 0.717) is 12.4 Å². The van der Waals surface area contributed by atoms with Crippen LogP contribution in [0.4, 0.5) is 5.82 Å². The molecule has 0 atom stereocenters. The largest absolute Gasteiger partial charge is 0.301 e. The van der Waals surface area contributed by atoms with Crippen LogP contribution in [0.5, 0.6) is 0 Å². The lowest BCUT2D eigenvalue weighted by molar-refractivity contribution is -0.120. The molecular formula is C25H34ClN7O. The number of anilines is 1. The number of nitrogens with zero attached hydrogens (tertiary/aromatic N) is 6. The van der Waals surface area contributed by atoms with Crippen LogP contribution in [0, 0.1) is 17.2 Å². The fourth-order valence-corrected chi connectivity index (χ4v) is 4.23. The molecule has 0 aliphatic carbocycles. The predicted molar refractivity (Wildman–Crippen MR) is 134 cm³/mol. The third-order valence-electron chi connectivity index (χ3n) is 5.69. The summed E-state index contributed by atoms with van der Waals surface area (Å²) in [6, 6.07) is 10.1. The zero-order chi connectivity index (χ0) is 24.5. The van der Waals surface area contributed by atoms with Crippen LogP contribution in [0.2, 0.25) is 5.02 Å². The van der Waals surface area contributed by atoms with Crippen molar-refractivity contribution in [2.75, 3.05) is 44.3 Å². The molecule has 1 aliphatic heterocycles. The number of hydrogen-bond donors (Lipinski definition) is 1. The number of hydrazine groups is 1. The Bertz CT molecular complexity index is 982. The Balaban J connectivity index is 1.57. The van der Waals surface area contributed by atoms with E-state index in [0.717, 1.165) is 38.3 Å². The second-order valence-corrected chi connectivity index (χ2v) is 9.53. The Labute approximate surface area is 207 Å². The number of aromatic nitrogens is 2. The summed E-state index contributed by atoms with van der Waals surface area (Å²) in [6.07, 6.45) is 2.82. The molecule has 9 heteroatoms. The predicted octanol–water partition coefficient (Wildman–Crippen LogP) is 3.27. The Kier molecular flexibility index (Phi) is 9.63. The SMILES string of the molecule is CCCN1CCN(Cc2ccc(CC(=O)NN(CC(C)C)c3nc(C#N)ncc3Cl)cc2)CC1. The highest BCUT2D eigenvalue weighted by Gasteiger charge is 2.19. The molecule has 1 aromatic heterocycles. The summed E-state index contributed by atoms with van der Waals surface area (Å²) in [5.41, 5.74) is 5.09. The summed E-state index contributed by atoms with van der Waals surface area (Å²) in [4.78, 5) is 25.9. The van der Waals surface area contributed by atoms with Crippen LogP contribution in [-0.4, -0.2) is 64.9 Å². The van der Waals surface area contributed by atoms with Gasteiger partial charge in [-0.25, -0.2) is 4.98 Å². The number of benzene rings is 1. The van der Waals surface area contributed by atoms with Crippen molar-refractivity contribution in [2.45, 2.75) is 40.2 Å². The molecule has 1 saturated heterocycles. The number of carbonyl (C=O) groups is 1. The highest BCUT2D eigenvalue weighted by molar-refractivity contribution is 6.32. The van der Waals surface area contributed by atoms with Crippen molar-refractivity contribution in [3.05, 3.63) is 52.4 Å². The van der Waals surface area contributed by atoms with Gasteiger partial charge in [0, 0.05) is 39.3 Å². The van der Waals surface area contributed by atoms with Crippen molar-refractivity contribution < 1.29 is 4.79 Å². The van der Waals surface area contributed by atoms with Gasteiger partial charge in [0.15, 0.2) is 5.82 Å². The summed E-state index contributed by atoms with van der Waals surface area (Å²) in [7, 11) is 0. The zero-order valence-corrected chi connectivity index (χ0v) is 21.1. The second kappa shape index (κ2) is 12.7. The Morgan fingerprint density at radius 3 is 2.44 bits per heavy atom. The number of rotatable bonds is 10.